The number of hydrogen-bond donors (Lipinski definition) is 2. The monoisotopic (exact) mass is 310 g/mol. The highest BCUT2D eigenvalue weighted by Crippen LogP contribution is 2.46. The number of aliphatic hydroxyl groups excluding tert-OH is 1. The topological polar surface area (TPSA) is 44.7 Å². The first kappa shape index (κ1) is 14.5. The molecule has 23 heavy (non-hydrogen) atoms. The number of aliphatic hydroxyl groups is 1. The van der Waals surface area contributed by atoms with Crippen LogP contribution in [0.5, 0.6) is 5.75 Å². The third-order valence-electron chi connectivity index (χ3n) is 5.21. The molecule has 4 heteroatoms. The summed E-state index contributed by atoms with van der Waals surface area (Å²) in [5.74, 6) is 1.30. The molecule has 2 heterocycles. The van der Waals surface area contributed by atoms with Crippen molar-refractivity contribution in [3.63, 3.8) is 0 Å². The molecule has 0 aliphatic carbocycles. The maximum atomic E-state index is 9.90. The van der Waals surface area contributed by atoms with Crippen LogP contribution in [-0.4, -0.2) is 42.4 Å². The summed E-state index contributed by atoms with van der Waals surface area (Å²) in [7, 11) is 1.68. The molecule has 0 aromatic heterocycles. The van der Waals surface area contributed by atoms with Crippen LogP contribution in [0.4, 0.5) is 5.69 Å². The standard InChI is InChI=1S/C19H22N2O2/c1-23-14-8-6-13(7-9-14)11-21-17-10-20-16-5-3-2-4-15(16)19(17)18(21)12-22/h2-9,17-20,22H,10-12H2,1H3/t17-,18-,19+/m0/s1. The predicted octanol–water partition coefficient (Wildman–Crippen LogP) is 2.45. The minimum absolute atomic E-state index is 0.199. The van der Waals surface area contributed by atoms with E-state index in [0.29, 0.717) is 12.0 Å². The molecule has 3 atom stereocenters. The largest absolute Gasteiger partial charge is 0.497 e. The summed E-state index contributed by atoms with van der Waals surface area (Å²) >= 11 is 0. The Morgan fingerprint density at radius 3 is 2.70 bits per heavy atom. The molecule has 1 saturated heterocycles. The average Bonchev–Trinajstić information content (AvgIpc) is 2.60. The molecular formula is C19H22N2O2. The van der Waals surface area contributed by atoms with Gasteiger partial charge in [0.2, 0.25) is 0 Å². The van der Waals surface area contributed by atoms with Crippen molar-refractivity contribution >= 4 is 5.69 Å². The molecule has 2 aromatic rings. The number of benzene rings is 2. The Kier molecular flexibility index (Phi) is 3.71. The second-order valence-corrected chi connectivity index (χ2v) is 6.33. The summed E-state index contributed by atoms with van der Waals surface area (Å²) in [5, 5.41) is 13.4. The van der Waals surface area contributed by atoms with Crippen molar-refractivity contribution in [2.45, 2.75) is 24.5 Å². The van der Waals surface area contributed by atoms with E-state index in [1.54, 1.807) is 7.11 Å². The van der Waals surface area contributed by atoms with Crippen molar-refractivity contribution in [2.75, 3.05) is 25.6 Å². The van der Waals surface area contributed by atoms with E-state index in [2.05, 4.69) is 46.6 Å². The summed E-state index contributed by atoms with van der Waals surface area (Å²) in [4.78, 5) is 2.41. The molecule has 120 valence electrons. The SMILES string of the molecule is COc1ccc(CN2[C@@H](CO)[C@@H]3c4ccccc4NC[C@@H]32)cc1. The maximum Gasteiger partial charge on any atom is 0.118 e. The van der Waals surface area contributed by atoms with Gasteiger partial charge in [-0.1, -0.05) is 30.3 Å². The highest BCUT2D eigenvalue weighted by Gasteiger charge is 2.50. The van der Waals surface area contributed by atoms with Crippen molar-refractivity contribution in [2.24, 2.45) is 0 Å². The van der Waals surface area contributed by atoms with Crippen LogP contribution in [0.15, 0.2) is 48.5 Å². The van der Waals surface area contributed by atoms with E-state index in [1.165, 1.54) is 16.8 Å². The highest BCUT2D eigenvalue weighted by atomic mass is 16.5. The summed E-state index contributed by atoms with van der Waals surface area (Å²) in [6.45, 7) is 2.00. The van der Waals surface area contributed by atoms with Crippen molar-refractivity contribution in [1.29, 1.82) is 0 Å². The molecule has 2 aliphatic heterocycles. The molecule has 2 aliphatic rings. The Morgan fingerprint density at radius 1 is 1.17 bits per heavy atom. The van der Waals surface area contributed by atoms with E-state index in [1.807, 2.05) is 12.1 Å². The lowest BCUT2D eigenvalue weighted by Gasteiger charge is -2.57. The molecule has 1 fully saturated rings. The Hall–Kier alpha value is -2.04. The first-order chi connectivity index (χ1) is 11.3. The number of nitrogens with zero attached hydrogens (tertiary/aromatic N) is 1. The fourth-order valence-corrected chi connectivity index (χ4v) is 4.03. The molecule has 0 unspecified atom stereocenters. The van der Waals surface area contributed by atoms with Crippen molar-refractivity contribution in [3.05, 3.63) is 59.7 Å². The lowest BCUT2D eigenvalue weighted by atomic mass is 9.72. The summed E-state index contributed by atoms with van der Waals surface area (Å²) < 4.78 is 5.22. The van der Waals surface area contributed by atoms with E-state index >= 15 is 0 Å². The van der Waals surface area contributed by atoms with Crippen LogP contribution in [0.2, 0.25) is 0 Å². The van der Waals surface area contributed by atoms with Gasteiger partial charge in [0.05, 0.1) is 13.7 Å². The van der Waals surface area contributed by atoms with Gasteiger partial charge in [-0.3, -0.25) is 4.90 Å². The van der Waals surface area contributed by atoms with Gasteiger partial charge in [-0.25, -0.2) is 0 Å². The third-order valence-corrected chi connectivity index (χ3v) is 5.21. The van der Waals surface area contributed by atoms with Crippen LogP contribution in [0.3, 0.4) is 0 Å². The van der Waals surface area contributed by atoms with Gasteiger partial charge >= 0.3 is 0 Å². The van der Waals surface area contributed by atoms with E-state index < -0.39 is 0 Å². The van der Waals surface area contributed by atoms with Gasteiger partial charge < -0.3 is 15.2 Å². The Morgan fingerprint density at radius 2 is 1.96 bits per heavy atom. The Labute approximate surface area is 136 Å². The van der Waals surface area contributed by atoms with Crippen LogP contribution < -0.4 is 10.1 Å². The number of para-hydroxylation sites is 1. The van der Waals surface area contributed by atoms with E-state index in [9.17, 15) is 5.11 Å². The quantitative estimate of drug-likeness (QED) is 0.910. The van der Waals surface area contributed by atoms with Gasteiger partial charge in [-0.15, -0.1) is 0 Å². The second kappa shape index (κ2) is 5.87. The van der Waals surface area contributed by atoms with Gasteiger partial charge in [0.25, 0.3) is 0 Å². The molecule has 0 radical (unpaired) electrons. The first-order valence-corrected chi connectivity index (χ1v) is 8.14. The van der Waals surface area contributed by atoms with E-state index in [0.717, 1.165) is 18.8 Å². The fourth-order valence-electron chi connectivity index (χ4n) is 4.03. The lowest BCUT2D eigenvalue weighted by Crippen LogP contribution is -2.66. The Bertz CT molecular complexity index is 686. The summed E-state index contributed by atoms with van der Waals surface area (Å²) in [5.41, 5.74) is 3.81. The van der Waals surface area contributed by atoms with E-state index in [4.69, 9.17) is 4.74 Å². The van der Waals surface area contributed by atoms with Crippen LogP contribution in [0, 0.1) is 0 Å². The minimum atomic E-state index is 0.199. The molecule has 4 rings (SSSR count). The number of anilines is 1. The molecule has 0 spiro atoms. The summed E-state index contributed by atoms with van der Waals surface area (Å²) in [6, 6.07) is 17.3. The van der Waals surface area contributed by atoms with Crippen LogP contribution in [-0.2, 0) is 6.54 Å². The lowest BCUT2D eigenvalue weighted by molar-refractivity contribution is -0.0459. The van der Waals surface area contributed by atoms with Gasteiger partial charge in [0, 0.05) is 36.8 Å². The average molecular weight is 310 g/mol. The zero-order valence-electron chi connectivity index (χ0n) is 13.3. The molecule has 0 saturated carbocycles. The maximum absolute atomic E-state index is 9.90. The minimum Gasteiger partial charge on any atom is -0.497 e. The van der Waals surface area contributed by atoms with Crippen molar-refractivity contribution in [1.82, 2.24) is 4.90 Å². The van der Waals surface area contributed by atoms with Gasteiger partial charge in [-0.2, -0.15) is 0 Å². The first-order valence-electron chi connectivity index (χ1n) is 8.14. The van der Waals surface area contributed by atoms with Gasteiger partial charge in [0.1, 0.15) is 5.75 Å². The molecular weight excluding hydrogens is 288 g/mol. The number of likely N-dealkylation sites (tertiary alicyclic amines) is 1. The molecule has 2 N–H and O–H groups in total. The number of methoxy groups -OCH3 is 1. The zero-order chi connectivity index (χ0) is 15.8. The number of fused-ring (bicyclic) bond motifs is 3. The highest BCUT2D eigenvalue weighted by molar-refractivity contribution is 5.57. The molecule has 4 nitrogen and oxygen atoms in total. The summed E-state index contributed by atoms with van der Waals surface area (Å²) in [6.07, 6.45) is 0. The molecule has 0 bridgehead atoms. The normalized spacial score (nSPS) is 25.7. The van der Waals surface area contributed by atoms with Crippen molar-refractivity contribution in [3.8, 4) is 5.75 Å². The fraction of sp³-hybridized carbons (Fsp3) is 0.368. The van der Waals surface area contributed by atoms with Crippen LogP contribution in [0.1, 0.15) is 17.0 Å². The predicted molar refractivity (Wildman–Crippen MR) is 90.9 cm³/mol. The zero-order valence-corrected chi connectivity index (χ0v) is 13.3. The van der Waals surface area contributed by atoms with E-state index in [-0.39, 0.29) is 12.6 Å². The third kappa shape index (κ3) is 2.38. The number of ether oxygens (including phenoxy) is 1. The number of rotatable bonds is 4. The number of nitrogens with one attached hydrogen (secondary N) is 1. The van der Waals surface area contributed by atoms with Gasteiger partial charge in [0.15, 0.2) is 0 Å². The number of hydrogen-bond acceptors (Lipinski definition) is 4. The van der Waals surface area contributed by atoms with Crippen molar-refractivity contribution < 1.29 is 9.84 Å². The van der Waals surface area contributed by atoms with Crippen LogP contribution >= 0.6 is 0 Å². The molecule has 0 amide bonds. The van der Waals surface area contributed by atoms with Gasteiger partial charge in [-0.05, 0) is 29.3 Å². The second-order valence-electron chi connectivity index (χ2n) is 6.33. The Balaban J connectivity index is 1.55. The molecule has 2 aromatic carbocycles. The van der Waals surface area contributed by atoms with Crippen LogP contribution in [0.25, 0.3) is 0 Å². The smallest absolute Gasteiger partial charge is 0.118 e.